The van der Waals surface area contributed by atoms with Crippen LogP contribution in [0.25, 0.3) is 0 Å². The summed E-state index contributed by atoms with van der Waals surface area (Å²) < 4.78 is 0. The van der Waals surface area contributed by atoms with Crippen molar-refractivity contribution in [3.63, 3.8) is 0 Å². The molecule has 0 amide bonds. The summed E-state index contributed by atoms with van der Waals surface area (Å²) in [4.78, 5) is 0. The van der Waals surface area contributed by atoms with Crippen molar-refractivity contribution in [1.29, 1.82) is 0 Å². The van der Waals surface area contributed by atoms with E-state index in [1.54, 1.807) is 0 Å². The van der Waals surface area contributed by atoms with Crippen LogP contribution in [0.2, 0.25) is 0 Å². The van der Waals surface area contributed by atoms with Crippen LogP contribution < -0.4 is 0 Å². The molecule has 0 bridgehead atoms. The van der Waals surface area contributed by atoms with Gasteiger partial charge in [-0.2, -0.15) is 0 Å². The summed E-state index contributed by atoms with van der Waals surface area (Å²) in [6.45, 7) is 2.16. The molecular weight excluding hydrogens is 160 g/mol. The first-order valence-corrected chi connectivity index (χ1v) is 5.99. The molecule has 1 heteroatoms. The van der Waals surface area contributed by atoms with E-state index in [4.69, 9.17) is 0 Å². The Hall–Kier alpha value is -0.0400. The molecular formula is C12H22O. The van der Waals surface area contributed by atoms with Crippen LogP contribution >= 0.6 is 0 Å². The smallest absolute Gasteiger partial charge is 0.0701 e. The van der Waals surface area contributed by atoms with Gasteiger partial charge in [-0.1, -0.05) is 26.2 Å². The van der Waals surface area contributed by atoms with Crippen LogP contribution in [0.15, 0.2) is 0 Å². The topological polar surface area (TPSA) is 20.2 Å². The van der Waals surface area contributed by atoms with E-state index < -0.39 is 0 Å². The highest BCUT2D eigenvalue weighted by Gasteiger charge is 2.47. The van der Waals surface area contributed by atoms with Crippen molar-refractivity contribution in [2.45, 2.75) is 63.9 Å². The maximum Gasteiger partial charge on any atom is 0.0701 e. The quantitative estimate of drug-likeness (QED) is 0.711. The van der Waals surface area contributed by atoms with E-state index in [9.17, 15) is 5.11 Å². The molecule has 1 unspecified atom stereocenters. The molecule has 2 aliphatic carbocycles. The van der Waals surface area contributed by atoms with Crippen LogP contribution in [0.4, 0.5) is 0 Å². The summed E-state index contributed by atoms with van der Waals surface area (Å²) in [6.07, 6.45) is 10.2. The van der Waals surface area contributed by atoms with Gasteiger partial charge in [-0.25, -0.2) is 0 Å². The van der Waals surface area contributed by atoms with Crippen molar-refractivity contribution in [2.75, 3.05) is 0 Å². The normalized spacial score (nSPS) is 30.0. The van der Waals surface area contributed by atoms with Gasteiger partial charge in [0.25, 0.3) is 0 Å². The third-order valence-corrected chi connectivity index (χ3v) is 4.16. The van der Waals surface area contributed by atoms with Gasteiger partial charge in [0.1, 0.15) is 0 Å². The maximum atomic E-state index is 10.6. The van der Waals surface area contributed by atoms with Gasteiger partial charge < -0.3 is 5.11 Å². The zero-order chi connectivity index (χ0) is 9.31. The molecule has 1 N–H and O–H groups in total. The summed E-state index contributed by atoms with van der Waals surface area (Å²) in [5.41, 5.74) is -0.277. The van der Waals surface area contributed by atoms with Crippen LogP contribution in [0.5, 0.6) is 0 Å². The van der Waals surface area contributed by atoms with E-state index >= 15 is 0 Å². The van der Waals surface area contributed by atoms with Gasteiger partial charge in [0, 0.05) is 0 Å². The van der Waals surface area contributed by atoms with Gasteiger partial charge >= 0.3 is 0 Å². The number of aliphatic hydroxyl groups is 1. The minimum absolute atomic E-state index is 0.277. The lowest BCUT2D eigenvalue weighted by Crippen LogP contribution is -2.40. The molecule has 1 atom stereocenters. The van der Waals surface area contributed by atoms with Gasteiger partial charge in [0.15, 0.2) is 0 Å². The molecule has 0 radical (unpaired) electrons. The van der Waals surface area contributed by atoms with Crippen molar-refractivity contribution < 1.29 is 5.11 Å². The highest BCUT2D eigenvalue weighted by molar-refractivity contribution is 4.98. The average molecular weight is 182 g/mol. The molecule has 0 spiro atoms. The van der Waals surface area contributed by atoms with Gasteiger partial charge in [0.05, 0.1) is 5.60 Å². The number of hydrogen-bond acceptors (Lipinski definition) is 1. The summed E-state index contributed by atoms with van der Waals surface area (Å²) in [5, 5.41) is 10.6. The molecule has 76 valence electrons. The van der Waals surface area contributed by atoms with E-state index in [-0.39, 0.29) is 5.60 Å². The Bertz CT molecular complexity index is 168. The second-order valence-electron chi connectivity index (χ2n) is 4.95. The predicted molar refractivity (Wildman–Crippen MR) is 54.5 cm³/mol. The average Bonchev–Trinajstić information content (AvgIpc) is 3.02. The molecule has 0 aromatic heterocycles. The fraction of sp³-hybridized carbons (Fsp3) is 1.00. The molecule has 0 saturated heterocycles. The molecule has 0 aromatic rings. The van der Waals surface area contributed by atoms with E-state index in [0.717, 1.165) is 6.42 Å². The van der Waals surface area contributed by atoms with Gasteiger partial charge in [0.2, 0.25) is 0 Å². The SMILES string of the molecule is CCC(O)(C1CCCCC1)C1CC1. The fourth-order valence-corrected chi connectivity index (χ4v) is 3.10. The van der Waals surface area contributed by atoms with Crippen LogP contribution in [0.3, 0.4) is 0 Å². The predicted octanol–water partition coefficient (Wildman–Crippen LogP) is 3.12. The molecule has 13 heavy (non-hydrogen) atoms. The molecule has 0 aromatic carbocycles. The first kappa shape index (κ1) is 9.51. The Kier molecular flexibility index (Phi) is 2.64. The highest BCUT2D eigenvalue weighted by atomic mass is 16.3. The molecule has 2 fully saturated rings. The first-order chi connectivity index (χ1) is 6.27. The number of hydrogen-bond donors (Lipinski definition) is 1. The van der Waals surface area contributed by atoms with E-state index in [1.807, 2.05) is 0 Å². The molecule has 2 saturated carbocycles. The second-order valence-corrected chi connectivity index (χ2v) is 4.95. The minimum Gasteiger partial charge on any atom is -0.389 e. The van der Waals surface area contributed by atoms with Crippen molar-refractivity contribution in [3.8, 4) is 0 Å². The third kappa shape index (κ3) is 1.76. The Labute approximate surface area is 81.5 Å². The van der Waals surface area contributed by atoms with Crippen LogP contribution in [0.1, 0.15) is 58.3 Å². The third-order valence-electron chi connectivity index (χ3n) is 4.16. The zero-order valence-corrected chi connectivity index (χ0v) is 8.76. The van der Waals surface area contributed by atoms with Crippen LogP contribution in [0, 0.1) is 11.8 Å². The molecule has 0 aliphatic heterocycles. The van der Waals surface area contributed by atoms with Crippen LogP contribution in [-0.4, -0.2) is 10.7 Å². The highest BCUT2D eigenvalue weighted by Crippen LogP contribution is 2.49. The lowest BCUT2D eigenvalue weighted by atomic mass is 9.73. The largest absolute Gasteiger partial charge is 0.389 e. The standard InChI is InChI=1S/C12H22O/c1-2-12(13,11-8-9-11)10-6-4-3-5-7-10/h10-11,13H,2-9H2,1H3. The van der Waals surface area contributed by atoms with Gasteiger partial charge in [-0.05, 0) is 43.9 Å². The van der Waals surface area contributed by atoms with E-state index in [1.165, 1.54) is 44.9 Å². The lowest BCUT2D eigenvalue weighted by molar-refractivity contribution is -0.0554. The second kappa shape index (κ2) is 3.61. The summed E-state index contributed by atoms with van der Waals surface area (Å²) in [5.74, 6) is 1.28. The lowest BCUT2D eigenvalue weighted by Gasteiger charge is -2.38. The monoisotopic (exact) mass is 182 g/mol. The fourth-order valence-electron chi connectivity index (χ4n) is 3.10. The molecule has 2 aliphatic rings. The van der Waals surface area contributed by atoms with Crippen molar-refractivity contribution in [2.24, 2.45) is 11.8 Å². The Morgan fingerprint density at radius 1 is 1.00 bits per heavy atom. The summed E-state index contributed by atoms with van der Waals surface area (Å²) in [7, 11) is 0. The van der Waals surface area contributed by atoms with Crippen molar-refractivity contribution in [1.82, 2.24) is 0 Å². The van der Waals surface area contributed by atoms with Gasteiger partial charge in [-0.3, -0.25) is 0 Å². The number of rotatable bonds is 3. The maximum absolute atomic E-state index is 10.6. The molecule has 1 nitrogen and oxygen atoms in total. The van der Waals surface area contributed by atoms with E-state index in [0.29, 0.717) is 11.8 Å². The van der Waals surface area contributed by atoms with Crippen molar-refractivity contribution >= 4 is 0 Å². The van der Waals surface area contributed by atoms with Crippen LogP contribution in [-0.2, 0) is 0 Å². The Morgan fingerprint density at radius 3 is 2.00 bits per heavy atom. The van der Waals surface area contributed by atoms with Crippen molar-refractivity contribution in [3.05, 3.63) is 0 Å². The Balaban J connectivity index is 2.00. The zero-order valence-electron chi connectivity index (χ0n) is 8.76. The molecule has 2 rings (SSSR count). The van der Waals surface area contributed by atoms with Gasteiger partial charge in [-0.15, -0.1) is 0 Å². The molecule has 0 heterocycles. The summed E-state index contributed by atoms with van der Waals surface area (Å²) in [6, 6.07) is 0. The van der Waals surface area contributed by atoms with E-state index in [2.05, 4.69) is 6.92 Å². The Morgan fingerprint density at radius 2 is 1.54 bits per heavy atom. The summed E-state index contributed by atoms with van der Waals surface area (Å²) >= 11 is 0. The minimum atomic E-state index is -0.277. The first-order valence-electron chi connectivity index (χ1n) is 5.99.